The summed E-state index contributed by atoms with van der Waals surface area (Å²) in [6.45, 7) is 0. The summed E-state index contributed by atoms with van der Waals surface area (Å²) in [5.74, 6) is 0.465. The first-order valence-corrected chi connectivity index (χ1v) is 11.2. The third-order valence-electron chi connectivity index (χ3n) is 6.73. The number of halogens is 1. The second kappa shape index (κ2) is 6.27. The molecular weight excluding hydrogens is 418 g/mol. The van der Waals surface area contributed by atoms with Crippen LogP contribution in [0.15, 0.2) is 60.7 Å². The van der Waals surface area contributed by atoms with Crippen molar-refractivity contribution >= 4 is 39.2 Å². The highest BCUT2D eigenvalue weighted by molar-refractivity contribution is 6.31. The third kappa shape index (κ3) is 2.36. The van der Waals surface area contributed by atoms with E-state index >= 15 is 0 Å². The van der Waals surface area contributed by atoms with E-state index in [1.54, 1.807) is 0 Å². The fraction of sp³-hybridized carbons (Fsp3) is 0.148. The lowest BCUT2D eigenvalue weighted by molar-refractivity contribution is 0.104. The lowest BCUT2D eigenvalue weighted by Gasteiger charge is -2.23. The summed E-state index contributed by atoms with van der Waals surface area (Å²) in [4.78, 5) is 19.1. The van der Waals surface area contributed by atoms with Gasteiger partial charge in [-0.2, -0.15) is 5.10 Å². The molecule has 3 aromatic carbocycles. The molecule has 0 atom stereocenters. The molecule has 2 heterocycles. The maximum Gasteiger partial charge on any atom is 0.196 e. The van der Waals surface area contributed by atoms with Crippen LogP contribution in [0.1, 0.15) is 40.4 Å². The summed E-state index contributed by atoms with van der Waals surface area (Å²) in [6, 6.07) is 19.8. The smallest absolute Gasteiger partial charge is 0.196 e. The van der Waals surface area contributed by atoms with Gasteiger partial charge in [0, 0.05) is 40.1 Å². The maximum absolute atomic E-state index is 14.0. The van der Waals surface area contributed by atoms with Crippen molar-refractivity contribution in [3.8, 4) is 22.4 Å². The fourth-order valence-electron chi connectivity index (χ4n) is 5.13. The first kappa shape index (κ1) is 18.1. The molecule has 154 valence electrons. The van der Waals surface area contributed by atoms with Crippen LogP contribution in [0.3, 0.4) is 0 Å². The van der Waals surface area contributed by atoms with Gasteiger partial charge in [0.25, 0.3) is 0 Å². The number of aryl methyl sites for hydroxylation is 1. The molecule has 0 amide bonds. The SMILES string of the molecule is Cn1nc(C2CC2)c2c3c(c(-c4ccc(Cl)cc4)nc21)C(=O)c1cccc2cccc-3c12. The summed E-state index contributed by atoms with van der Waals surface area (Å²) in [7, 11) is 1.94. The van der Waals surface area contributed by atoms with Crippen molar-refractivity contribution < 1.29 is 4.79 Å². The van der Waals surface area contributed by atoms with E-state index in [9.17, 15) is 4.79 Å². The molecule has 7 rings (SSSR count). The summed E-state index contributed by atoms with van der Waals surface area (Å²) in [6.07, 6.45) is 2.27. The number of nitrogens with zero attached hydrogens (tertiary/aromatic N) is 3. The van der Waals surface area contributed by atoms with Crippen LogP contribution < -0.4 is 0 Å². The molecule has 0 unspecified atom stereocenters. The number of rotatable bonds is 2. The minimum Gasteiger partial charge on any atom is -0.288 e. The Morgan fingerprint density at radius 2 is 1.62 bits per heavy atom. The maximum atomic E-state index is 14.0. The highest BCUT2D eigenvalue weighted by atomic mass is 35.5. The van der Waals surface area contributed by atoms with Gasteiger partial charge in [-0.05, 0) is 35.9 Å². The molecule has 0 saturated heterocycles. The Hall–Kier alpha value is -3.50. The van der Waals surface area contributed by atoms with Gasteiger partial charge in [0.15, 0.2) is 11.4 Å². The lowest BCUT2D eigenvalue weighted by atomic mass is 9.79. The van der Waals surface area contributed by atoms with Gasteiger partial charge in [0.2, 0.25) is 0 Å². The van der Waals surface area contributed by atoms with Crippen molar-refractivity contribution in [3.05, 3.63) is 82.5 Å². The van der Waals surface area contributed by atoms with Gasteiger partial charge in [0.1, 0.15) is 0 Å². The third-order valence-corrected chi connectivity index (χ3v) is 6.98. The fourth-order valence-corrected chi connectivity index (χ4v) is 5.26. The number of hydrogen-bond donors (Lipinski definition) is 0. The summed E-state index contributed by atoms with van der Waals surface area (Å²) < 4.78 is 1.87. The Kier molecular flexibility index (Phi) is 3.55. The van der Waals surface area contributed by atoms with Crippen molar-refractivity contribution in [2.24, 2.45) is 7.05 Å². The zero-order chi connectivity index (χ0) is 21.6. The zero-order valence-corrected chi connectivity index (χ0v) is 18.1. The molecule has 0 radical (unpaired) electrons. The number of carbonyl (C=O) groups excluding carboxylic acids is 1. The van der Waals surface area contributed by atoms with E-state index in [0.29, 0.717) is 22.2 Å². The molecule has 5 aromatic rings. The predicted octanol–water partition coefficient (Wildman–Crippen LogP) is 6.53. The highest BCUT2D eigenvalue weighted by Gasteiger charge is 2.36. The van der Waals surface area contributed by atoms with E-state index in [0.717, 1.165) is 62.6 Å². The molecule has 0 N–H and O–H groups in total. The molecule has 4 nitrogen and oxygen atoms in total. The van der Waals surface area contributed by atoms with Crippen LogP contribution in [-0.4, -0.2) is 20.5 Å². The van der Waals surface area contributed by atoms with Gasteiger partial charge in [-0.15, -0.1) is 0 Å². The average molecular weight is 436 g/mol. The summed E-state index contributed by atoms with van der Waals surface area (Å²) in [5, 5.41) is 8.65. The van der Waals surface area contributed by atoms with Crippen molar-refractivity contribution in [3.63, 3.8) is 0 Å². The molecule has 5 heteroatoms. The van der Waals surface area contributed by atoms with Gasteiger partial charge in [-0.1, -0.05) is 60.1 Å². The van der Waals surface area contributed by atoms with Crippen molar-refractivity contribution in [1.29, 1.82) is 0 Å². The second-order valence-electron chi connectivity index (χ2n) is 8.74. The van der Waals surface area contributed by atoms with Gasteiger partial charge >= 0.3 is 0 Å². The Bertz CT molecular complexity index is 1610. The highest BCUT2D eigenvalue weighted by Crippen LogP contribution is 2.50. The quantitative estimate of drug-likeness (QED) is 0.310. The Morgan fingerprint density at radius 3 is 2.34 bits per heavy atom. The van der Waals surface area contributed by atoms with Crippen LogP contribution in [0, 0.1) is 0 Å². The number of pyridine rings is 1. The Morgan fingerprint density at radius 1 is 0.906 bits per heavy atom. The lowest BCUT2D eigenvalue weighted by Crippen LogP contribution is -2.13. The van der Waals surface area contributed by atoms with Crippen LogP contribution >= 0.6 is 11.6 Å². The van der Waals surface area contributed by atoms with Gasteiger partial charge in [-0.3, -0.25) is 9.48 Å². The minimum atomic E-state index is 0.0225. The van der Waals surface area contributed by atoms with E-state index in [4.69, 9.17) is 21.7 Å². The minimum absolute atomic E-state index is 0.0225. The van der Waals surface area contributed by atoms with Crippen molar-refractivity contribution in [2.45, 2.75) is 18.8 Å². The predicted molar refractivity (Wildman–Crippen MR) is 127 cm³/mol. The largest absolute Gasteiger partial charge is 0.288 e. The summed E-state index contributed by atoms with van der Waals surface area (Å²) >= 11 is 6.16. The normalized spacial score (nSPS) is 14.9. The molecule has 0 spiro atoms. The first-order valence-electron chi connectivity index (χ1n) is 10.8. The molecule has 1 fully saturated rings. The number of benzene rings is 3. The number of ketones is 1. The molecule has 2 aromatic heterocycles. The molecule has 0 bridgehead atoms. The standard InChI is InChI=1S/C27H18ClN3O/c1-31-27-23(25(30-31)16-8-9-16)21-18-6-2-4-14-5-3-7-19(20(14)18)26(32)22(21)24(29-27)15-10-12-17(28)13-11-15/h2-7,10-13,16H,8-9H2,1H3. The second-order valence-corrected chi connectivity index (χ2v) is 9.17. The Balaban J connectivity index is 1.71. The van der Waals surface area contributed by atoms with E-state index in [-0.39, 0.29) is 5.78 Å². The molecular formula is C27H18ClN3O. The molecule has 1 saturated carbocycles. The van der Waals surface area contributed by atoms with Crippen LogP contribution in [0.5, 0.6) is 0 Å². The van der Waals surface area contributed by atoms with Crippen LogP contribution in [0.25, 0.3) is 44.2 Å². The van der Waals surface area contributed by atoms with E-state index in [1.165, 1.54) is 0 Å². The molecule has 2 aliphatic carbocycles. The van der Waals surface area contributed by atoms with Gasteiger partial charge < -0.3 is 0 Å². The van der Waals surface area contributed by atoms with Gasteiger partial charge in [-0.25, -0.2) is 4.98 Å². The van der Waals surface area contributed by atoms with Crippen molar-refractivity contribution in [1.82, 2.24) is 14.8 Å². The topological polar surface area (TPSA) is 47.8 Å². The zero-order valence-electron chi connectivity index (χ0n) is 17.4. The number of aromatic nitrogens is 3. The monoisotopic (exact) mass is 435 g/mol. The van der Waals surface area contributed by atoms with Crippen LogP contribution in [0.2, 0.25) is 5.02 Å². The van der Waals surface area contributed by atoms with E-state index in [2.05, 4.69) is 24.3 Å². The first-order chi connectivity index (χ1) is 15.6. The molecule has 32 heavy (non-hydrogen) atoms. The van der Waals surface area contributed by atoms with Crippen LogP contribution in [0.4, 0.5) is 0 Å². The van der Waals surface area contributed by atoms with Crippen molar-refractivity contribution in [2.75, 3.05) is 0 Å². The number of carbonyl (C=O) groups is 1. The number of fused-ring (bicyclic) bond motifs is 4. The molecule has 0 aliphatic heterocycles. The molecule has 2 aliphatic rings. The average Bonchev–Trinajstić information content (AvgIpc) is 3.60. The van der Waals surface area contributed by atoms with E-state index < -0.39 is 0 Å². The number of hydrogen-bond acceptors (Lipinski definition) is 3. The summed E-state index contributed by atoms with van der Waals surface area (Å²) in [5.41, 5.74) is 6.92. The van der Waals surface area contributed by atoms with E-state index in [1.807, 2.05) is 48.1 Å². The van der Waals surface area contributed by atoms with Gasteiger partial charge in [0.05, 0.1) is 22.3 Å². The Labute approximate surface area is 189 Å². The van der Waals surface area contributed by atoms with Crippen LogP contribution in [-0.2, 0) is 7.05 Å².